The minimum Gasteiger partial charge on any atom is -0.363 e. The predicted octanol–water partition coefficient (Wildman–Crippen LogP) is 6.24. The van der Waals surface area contributed by atoms with E-state index >= 15 is 0 Å². The average Bonchev–Trinajstić information content (AvgIpc) is 2.68. The topological polar surface area (TPSA) is 3.24 Å². The predicted molar refractivity (Wildman–Crippen MR) is 108 cm³/mol. The van der Waals surface area contributed by atoms with Crippen molar-refractivity contribution in [1.29, 1.82) is 0 Å². The molecule has 0 saturated carbocycles. The lowest BCUT2D eigenvalue weighted by Gasteiger charge is -2.25. The molecule has 0 unspecified atom stereocenters. The van der Waals surface area contributed by atoms with Crippen molar-refractivity contribution >= 4 is 5.69 Å². The molecule has 3 aromatic carbocycles. The molecule has 0 spiro atoms. The Hall–Kier alpha value is -2.54. The number of nitrogens with zero attached hydrogens (tertiary/aromatic N) is 1. The van der Waals surface area contributed by atoms with Gasteiger partial charge in [0.25, 0.3) is 0 Å². The van der Waals surface area contributed by atoms with E-state index in [1.54, 1.807) is 0 Å². The Bertz CT molecular complexity index is 691. The molecule has 0 saturated heterocycles. The average molecular weight is 329 g/mol. The molecule has 0 heterocycles. The van der Waals surface area contributed by atoms with Crippen molar-refractivity contribution in [2.45, 2.75) is 39.3 Å². The number of aryl methyl sites for hydroxylation is 1. The minimum atomic E-state index is 0.921. The first-order valence-corrected chi connectivity index (χ1v) is 9.27. The number of unbranched alkanes of at least 4 members (excludes halogenated alkanes) is 1. The summed E-state index contributed by atoms with van der Waals surface area (Å²) in [6.07, 6.45) is 3.68. The van der Waals surface area contributed by atoms with Gasteiger partial charge in [0.1, 0.15) is 0 Å². The lowest BCUT2D eigenvalue weighted by molar-refractivity contribution is 0.788. The fraction of sp³-hybridized carbons (Fsp3) is 0.250. The van der Waals surface area contributed by atoms with E-state index in [9.17, 15) is 0 Å². The highest BCUT2D eigenvalue weighted by Gasteiger charge is 2.08. The molecule has 0 radical (unpaired) electrons. The molecule has 0 amide bonds. The number of anilines is 1. The highest BCUT2D eigenvalue weighted by Crippen LogP contribution is 2.21. The lowest BCUT2D eigenvalue weighted by Crippen LogP contribution is -2.22. The highest BCUT2D eigenvalue weighted by molar-refractivity contribution is 5.49. The maximum atomic E-state index is 2.45. The van der Waals surface area contributed by atoms with Crippen LogP contribution in [0.25, 0.3) is 0 Å². The van der Waals surface area contributed by atoms with Gasteiger partial charge in [-0.25, -0.2) is 0 Å². The molecule has 0 aliphatic rings. The summed E-state index contributed by atoms with van der Waals surface area (Å²) in [7, 11) is 0. The summed E-state index contributed by atoms with van der Waals surface area (Å²) in [5.74, 6) is 0. The van der Waals surface area contributed by atoms with Gasteiger partial charge < -0.3 is 4.90 Å². The van der Waals surface area contributed by atoms with Gasteiger partial charge in [-0.15, -0.1) is 0 Å². The summed E-state index contributed by atoms with van der Waals surface area (Å²) in [6.45, 7) is 4.09. The standard InChI is InChI=1S/C24H27N/c1-2-3-10-21-15-17-24(18-16-21)25(19-22-11-6-4-7-12-22)20-23-13-8-5-9-14-23/h4-9,11-18H,2-3,10,19-20H2,1H3. The zero-order valence-corrected chi connectivity index (χ0v) is 15.1. The van der Waals surface area contributed by atoms with Crippen LogP contribution in [0, 0.1) is 0 Å². The van der Waals surface area contributed by atoms with Gasteiger partial charge in [0, 0.05) is 18.8 Å². The fourth-order valence-corrected chi connectivity index (χ4v) is 3.10. The Labute approximate surface area is 151 Å². The molecule has 0 aliphatic carbocycles. The molecule has 0 aliphatic heterocycles. The third kappa shape index (κ3) is 5.22. The molecule has 3 aromatic rings. The Morgan fingerprint density at radius 1 is 0.600 bits per heavy atom. The molecule has 3 rings (SSSR count). The van der Waals surface area contributed by atoms with Gasteiger partial charge in [-0.3, -0.25) is 0 Å². The molecule has 0 fully saturated rings. The van der Waals surface area contributed by atoms with Crippen LogP contribution in [0.3, 0.4) is 0 Å². The summed E-state index contributed by atoms with van der Waals surface area (Å²) >= 11 is 0. The second kappa shape index (κ2) is 9.08. The minimum absolute atomic E-state index is 0.921. The normalized spacial score (nSPS) is 10.6. The quantitative estimate of drug-likeness (QED) is 0.473. The van der Waals surface area contributed by atoms with Gasteiger partial charge in [0.15, 0.2) is 0 Å². The van der Waals surface area contributed by atoms with Crippen molar-refractivity contribution in [2.24, 2.45) is 0 Å². The van der Waals surface area contributed by atoms with Gasteiger partial charge in [0.05, 0.1) is 0 Å². The Morgan fingerprint density at radius 2 is 1.12 bits per heavy atom. The number of benzene rings is 3. The molecule has 25 heavy (non-hydrogen) atoms. The van der Waals surface area contributed by atoms with Crippen LogP contribution in [0.2, 0.25) is 0 Å². The number of hydrogen-bond donors (Lipinski definition) is 0. The zero-order chi connectivity index (χ0) is 17.3. The van der Waals surface area contributed by atoms with Crippen LogP contribution in [-0.2, 0) is 19.5 Å². The maximum absolute atomic E-state index is 2.45. The first kappa shape index (κ1) is 17.3. The van der Waals surface area contributed by atoms with Crippen LogP contribution in [0.15, 0.2) is 84.9 Å². The molecular formula is C24H27N. The van der Waals surface area contributed by atoms with E-state index in [4.69, 9.17) is 0 Å². The molecule has 0 atom stereocenters. The van der Waals surface area contributed by atoms with Crippen LogP contribution >= 0.6 is 0 Å². The van der Waals surface area contributed by atoms with Crippen LogP contribution in [0.1, 0.15) is 36.5 Å². The monoisotopic (exact) mass is 329 g/mol. The number of rotatable bonds is 8. The van der Waals surface area contributed by atoms with E-state index < -0.39 is 0 Å². The van der Waals surface area contributed by atoms with E-state index in [1.165, 1.54) is 41.6 Å². The van der Waals surface area contributed by atoms with Crippen molar-refractivity contribution in [2.75, 3.05) is 4.90 Å². The van der Waals surface area contributed by atoms with Crippen LogP contribution < -0.4 is 4.90 Å². The summed E-state index contributed by atoms with van der Waals surface area (Å²) < 4.78 is 0. The van der Waals surface area contributed by atoms with Crippen LogP contribution in [-0.4, -0.2) is 0 Å². The van der Waals surface area contributed by atoms with Crippen LogP contribution in [0.4, 0.5) is 5.69 Å². The molecule has 1 heteroatoms. The van der Waals surface area contributed by atoms with Gasteiger partial charge in [0.2, 0.25) is 0 Å². The van der Waals surface area contributed by atoms with Crippen molar-refractivity contribution in [3.63, 3.8) is 0 Å². The molecule has 1 nitrogen and oxygen atoms in total. The largest absolute Gasteiger partial charge is 0.363 e. The summed E-state index contributed by atoms with van der Waals surface area (Å²) in [4.78, 5) is 2.45. The molecule has 128 valence electrons. The van der Waals surface area contributed by atoms with Crippen molar-refractivity contribution in [3.8, 4) is 0 Å². The Kier molecular flexibility index (Phi) is 6.28. The Morgan fingerprint density at radius 3 is 1.60 bits per heavy atom. The molecular weight excluding hydrogens is 302 g/mol. The smallest absolute Gasteiger partial charge is 0.0433 e. The van der Waals surface area contributed by atoms with Gasteiger partial charge in [-0.2, -0.15) is 0 Å². The van der Waals surface area contributed by atoms with Gasteiger partial charge >= 0.3 is 0 Å². The first-order chi connectivity index (χ1) is 12.3. The maximum Gasteiger partial charge on any atom is 0.0433 e. The van der Waals surface area contributed by atoms with Gasteiger partial charge in [-0.05, 0) is 41.7 Å². The highest BCUT2D eigenvalue weighted by atomic mass is 15.1. The van der Waals surface area contributed by atoms with Gasteiger partial charge in [-0.1, -0.05) is 86.1 Å². The Balaban J connectivity index is 1.79. The van der Waals surface area contributed by atoms with Crippen molar-refractivity contribution < 1.29 is 0 Å². The third-order valence-electron chi connectivity index (χ3n) is 4.55. The second-order valence-electron chi connectivity index (χ2n) is 6.60. The second-order valence-corrected chi connectivity index (χ2v) is 6.60. The lowest BCUT2D eigenvalue weighted by atomic mass is 10.1. The summed E-state index contributed by atoms with van der Waals surface area (Å²) in [6, 6.07) is 30.5. The molecule has 0 bridgehead atoms. The molecule has 0 N–H and O–H groups in total. The van der Waals surface area contributed by atoms with Crippen molar-refractivity contribution in [3.05, 3.63) is 102 Å². The van der Waals surface area contributed by atoms with E-state index in [0.717, 1.165) is 13.1 Å². The summed E-state index contributed by atoms with van der Waals surface area (Å²) in [5.41, 5.74) is 5.40. The summed E-state index contributed by atoms with van der Waals surface area (Å²) in [5, 5.41) is 0. The van der Waals surface area contributed by atoms with E-state index in [-0.39, 0.29) is 0 Å². The van der Waals surface area contributed by atoms with E-state index in [2.05, 4.69) is 96.8 Å². The molecule has 0 aromatic heterocycles. The fourth-order valence-electron chi connectivity index (χ4n) is 3.10. The van der Waals surface area contributed by atoms with Crippen LogP contribution in [0.5, 0.6) is 0 Å². The number of hydrogen-bond acceptors (Lipinski definition) is 1. The first-order valence-electron chi connectivity index (χ1n) is 9.27. The van der Waals surface area contributed by atoms with E-state index in [1.807, 2.05) is 0 Å². The van der Waals surface area contributed by atoms with Crippen molar-refractivity contribution in [1.82, 2.24) is 0 Å². The SMILES string of the molecule is CCCCc1ccc(N(Cc2ccccc2)Cc2ccccc2)cc1. The zero-order valence-electron chi connectivity index (χ0n) is 15.1. The third-order valence-corrected chi connectivity index (χ3v) is 4.55. The van der Waals surface area contributed by atoms with E-state index in [0.29, 0.717) is 0 Å².